The quantitative estimate of drug-likeness (QED) is 0.562. The number of nitrogens with one attached hydrogen (secondary N) is 1. The number of oxime groups is 1. The van der Waals surface area contributed by atoms with Crippen molar-refractivity contribution in [1.82, 2.24) is 5.32 Å². The van der Waals surface area contributed by atoms with Crippen LogP contribution in [0.5, 0.6) is 0 Å². The molecule has 0 spiro atoms. The highest BCUT2D eigenvalue weighted by molar-refractivity contribution is 7.16. The lowest BCUT2D eigenvalue weighted by molar-refractivity contribution is -0.275. The van der Waals surface area contributed by atoms with Crippen LogP contribution in [0.25, 0.3) is 0 Å². The highest BCUT2D eigenvalue weighted by atomic mass is 35.5. The van der Waals surface area contributed by atoms with Crippen molar-refractivity contribution < 1.29 is 22.8 Å². The summed E-state index contributed by atoms with van der Waals surface area (Å²) in [7, 11) is 1.47. The minimum Gasteiger partial charge on any atom is -0.374 e. The van der Waals surface area contributed by atoms with E-state index >= 15 is 0 Å². The Morgan fingerprint density at radius 2 is 1.86 bits per heavy atom. The summed E-state index contributed by atoms with van der Waals surface area (Å²) >= 11 is 18.7. The smallest absolute Gasteiger partial charge is 0.374 e. The van der Waals surface area contributed by atoms with Crippen molar-refractivity contribution >= 4 is 57.8 Å². The zero-order chi connectivity index (χ0) is 20.9. The highest BCUT2D eigenvalue weighted by Gasteiger charge is 2.62. The molecule has 150 valence electrons. The molecule has 1 unspecified atom stereocenters. The summed E-state index contributed by atoms with van der Waals surface area (Å²) in [5, 5.41) is 5.87. The second-order valence-electron chi connectivity index (χ2n) is 6.09. The van der Waals surface area contributed by atoms with Crippen LogP contribution in [0.2, 0.25) is 15.1 Å². The molecule has 1 aromatic carbocycles. The second-order valence-corrected chi connectivity index (χ2v) is 8.33. The van der Waals surface area contributed by atoms with E-state index in [1.165, 1.54) is 7.05 Å². The van der Waals surface area contributed by atoms with Gasteiger partial charge in [-0.3, -0.25) is 4.79 Å². The molecule has 0 saturated carbocycles. The molecule has 28 heavy (non-hydrogen) atoms. The minimum atomic E-state index is -4.81. The summed E-state index contributed by atoms with van der Waals surface area (Å²) in [6.45, 7) is 1.69. The molecule has 1 atom stereocenters. The molecule has 0 saturated heterocycles. The van der Waals surface area contributed by atoms with E-state index in [9.17, 15) is 18.0 Å². The Morgan fingerprint density at radius 3 is 2.39 bits per heavy atom. The van der Waals surface area contributed by atoms with Crippen LogP contribution in [-0.4, -0.2) is 24.8 Å². The molecule has 0 fully saturated rings. The van der Waals surface area contributed by atoms with Gasteiger partial charge in [-0.1, -0.05) is 40.0 Å². The van der Waals surface area contributed by atoms with E-state index in [1.54, 1.807) is 13.0 Å². The molecule has 4 nitrogen and oxygen atoms in total. The van der Waals surface area contributed by atoms with Crippen molar-refractivity contribution in [3.63, 3.8) is 0 Å². The molecular weight excluding hydrogens is 460 g/mol. The van der Waals surface area contributed by atoms with Gasteiger partial charge in [0.05, 0.1) is 31.2 Å². The fourth-order valence-electron chi connectivity index (χ4n) is 2.79. The van der Waals surface area contributed by atoms with Crippen molar-refractivity contribution in [2.75, 3.05) is 7.05 Å². The van der Waals surface area contributed by atoms with Gasteiger partial charge in [0.15, 0.2) is 0 Å². The number of halogens is 6. The van der Waals surface area contributed by atoms with E-state index in [2.05, 4.69) is 10.5 Å². The maximum atomic E-state index is 14.0. The summed E-state index contributed by atoms with van der Waals surface area (Å²) in [5.74, 6) is -0.327. The third-order valence-electron chi connectivity index (χ3n) is 4.27. The molecule has 2 heterocycles. The molecule has 1 amide bonds. The van der Waals surface area contributed by atoms with Crippen molar-refractivity contribution in [2.45, 2.75) is 25.1 Å². The van der Waals surface area contributed by atoms with Crippen molar-refractivity contribution in [3.05, 3.63) is 54.1 Å². The van der Waals surface area contributed by atoms with Crippen LogP contribution in [0.3, 0.4) is 0 Å². The number of alkyl halides is 3. The Bertz CT molecular complexity index is 968. The lowest BCUT2D eigenvalue weighted by Crippen LogP contribution is -2.42. The second kappa shape index (κ2) is 7.40. The lowest BCUT2D eigenvalue weighted by atomic mass is 9.88. The zero-order valence-corrected chi connectivity index (χ0v) is 17.5. The summed E-state index contributed by atoms with van der Waals surface area (Å²) < 4.78 is 42.1. The third-order valence-corrected chi connectivity index (χ3v) is 6.75. The normalized spacial score (nSPS) is 19.4. The molecule has 0 bridgehead atoms. The molecule has 1 N–H and O–H groups in total. The summed E-state index contributed by atoms with van der Waals surface area (Å²) in [4.78, 5) is 17.6. The van der Waals surface area contributed by atoms with Gasteiger partial charge in [0.2, 0.25) is 0 Å². The average Bonchev–Trinajstić information content (AvgIpc) is 3.23. The van der Waals surface area contributed by atoms with Crippen LogP contribution in [0.4, 0.5) is 13.2 Å². The standard InChI is InChI=1S/C17H12Cl3F3N2O2S/c1-7-3-12(28-14(7)15(26)24-2)11-6-16(27-25-11,17(21,22)23)8-4-9(18)13(20)10(19)5-8/h3-5H,6H2,1-2H3,(H,24,26). The number of hydrogen-bond donors (Lipinski definition) is 1. The fraction of sp³-hybridized carbons (Fsp3) is 0.294. The van der Waals surface area contributed by atoms with Crippen LogP contribution in [0.1, 0.15) is 32.1 Å². The summed E-state index contributed by atoms with van der Waals surface area (Å²) in [6, 6.07) is 3.74. The number of carbonyl (C=O) groups excluding carboxylic acids is 1. The topological polar surface area (TPSA) is 50.7 Å². The van der Waals surface area contributed by atoms with E-state index in [0.29, 0.717) is 15.3 Å². The van der Waals surface area contributed by atoms with Gasteiger partial charge in [0.25, 0.3) is 11.5 Å². The monoisotopic (exact) mass is 470 g/mol. The van der Waals surface area contributed by atoms with E-state index in [1.807, 2.05) is 0 Å². The third kappa shape index (κ3) is 3.47. The number of benzene rings is 1. The molecule has 11 heteroatoms. The first-order chi connectivity index (χ1) is 13.0. The van der Waals surface area contributed by atoms with Crippen LogP contribution in [0.15, 0.2) is 23.4 Å². The van der Waals surface area contributed by atoms with Crippen molar-refractivity contribution in [2.24, 2.45) is 5.16 Å². The van der Waals surface area contributed by atoms with Gasteiger partial charge in [-0.15, -0.1) is 11.3 Å². The first-order valence-corrected chi connectivity index (χ1v) is 9.75. The fourth-order valence-corrected chi connectivity index (χ4v) is 4.48. The molecular formula is C17H12Cl3F3N2O2S. The number of nitrogens with zero attached hydrogens (tertiary/aromatic N) is 1. The maximum absolute atomic E-state index is 14.0. The Balaban J connectivity index is 2.03. The number of aryl methyl sites for hydroxylation is 1. The van der Waals surface area contributed by atoms with Gasteiger partial charge in [0.1, 0.15) is 5.71 Å². The number of thiophene rings is 1. The summed E-state index contributed by atoms with van der Waals surface area (Å²) in [5.41, 5.74) is -2.37. The van der Waals surface area contributed by atoms with Crippen molar-refractivity contribution in [1.29, 1.82) is 0 Å². The van der Waals surface area contributed by atoms with Gasteiger partial charge >= 0.3 is 6.18 Å². The Kier molecular flexibility index (Phi) is 5.62. The lowest BCUT2D eigenvalue weighted by Gasteiger charge is -2.29. The zero-order valence-electron chi connectivity index (χ0n) is 14.4. The van der Waals surface area contributed by atoms with Gasteiger partial charge in [-0.05, 0) is 30.7 Å². The largest absolute Gasteiger partial charge is 0.435 e. The van der Waals surface area contributed by atoms with Gasteiger partial charge < -0.3 is 10.2 Å². The number of rotatable bonds is 3. The van der Waals surface area contributed by atoms with Gasteiger partial charge in [-0.2, -0.15) is 13.2 Å². The van der Waals surface area contributed by atoms with Crippen molar-refractivity contribution in [3.8, 4) is 0 Å². The first kappa shape index (κ1) is 21.2. The summed E-state index contributed by atoms with van der Waals surface area (Å²) in [6.07, 6.45) is -5.41. The Hall–Kier alpha value is -1.48. The number of carbonyl (C=O) groups is 1. The molecule has 1 aromatic heterocycles. The molecule has 1 aliphatic heterocycles. The van der Waals surface area contributed by atoms with Crippen LogP contribution >= 0.6 is 46.1 Å². The molecule has 0 radical (unpaired) electrons. The molecule has 3 rings (SSSR count). The Labute approximate surface area is 177 Å². The van der Waals surface area contributed by atoms with Crippen LogP contribution in [0, 0.1) is 6.92 Å². The van der Waals surface area contributed by atoms with Gasteiger partial charge in [0, 0.05) is 12.6 Å². The maximum Gasteiger partial charge on any atom is 0.435 e. The number of hydrogen-bond acceptors (Lipinski definition) is 4. The molecule has 2 aromatic rings. The Morgan fingerprint density at radius 1 is 1.25 bits per heavy atom. The minimum absolute atomic E-state index is 0.0485. The predicted octanol–water partition coefficient (Wildman–Crippen LogP) is 5.96. The SMILES string of the molecule is CNC(=O)c1sc(C2=NOC(c3cc(Cl)c(Cl)c(Cl)c3)(C(F)(F)F)C2)cc1C. The predicted molar refractivity (Wildman–Crippen MR) is 104 cm³/mol. The van der Waals surface area contributed by atoms with E-state index in [0.717, 1.165) is 23.5 Å². The van der Waals surface area contributed by atoms with E-state index in [4.69, 9.17) is 39.6 Å². The van der Waals surface area contributed by atoms with Gasteiger partial charge in [-0.25, -0.2) is 0 Å². The van der Waals surface area contributed by atoms with E-state index in [-0.39, 0.29) is 32.3 Å². The van der Waals surface area contributed by atoms with E-state index < -0.39 is 18.2 Å². The molecule has 0 aliphatic carbocycles. The average molecular weight is 472 g/mol. The number of amides is 1. The molecule has 1 aliphatic rings. The highest BCUT2D eigenvalue weighted by Crippen LogP contribution is 2.51. The van der Waals surface area contributed by atoms with Crippen LogP contribution in [-0.2, 0) is 10.4 Å². The van der Waals surface area contributed by atoms with Crippen LogP contribution < -0.4 is 5.32 Å². The first-order valence-electron chi connectivity index (χ1n) is 7.80.